The van der Waals surface area contributed by atoms with Crippen LogP contribution >= 0.6 is 0 Å². The highest BCUT2D eigenvalue weighted by atomic mass is 15.1. The maximum absolute atomic E-state index is 4.26. The molecule has 2 aliphatic rings. The highest BCUT2D eigenvalue weighted by Gasteiger charge is 2.26. The number of pyridine rings is 2. The third-order valence-electron chi connectivity index (χ3n) is 6.50. The Labute approximate surface area is 177 Å². The van der Waals surface area contributed by atoms with Gasteiger partial charge in [0.25, 0.3) is 0 Å². The molecule has 0 saturated heterocycles. The molecular weight excluding hydrogens is 356 g/mol. The first-order valence-corrected chi connectivity index (χ1v) is 11.3. The first-order valence-electron chi connectivity index (χ1n) is 11.3. The zero-order valence-electron chi connectivity index (χ0n) is 18.9. The molecule has 29 heavy (non-hydrogen) atoms. The van der Waals surface area contributed by atoms with Gasteiger partial charge in [-0.25, -0.2) is 0 Å². The lowest BCUT2D eigenvalue weighted by Gasteiger charge is -2.35. The molecule has 2 unspecified atom stereocenters. The van der Waals surface area contributed by atoms with Crippen LogP contribution in [0.1, 0.15) is 62.8 Å². The van der Waals surface area contributed by atoms with Crippen molar-refractivity contribution in [2.45, 2.75) is 66.0 Å². The molecule has 0 fully saturated rings. The Kier molecular flexibility index (Phi) is 7.79. The average Bonchev–Trinajstić information content (AvgIpc) is 2.96. The summed E-state index contributed by atoms with van der Waals surface area (Å²) in [6, 6.07) is 4.96. The van der Waals surface area contributed by atoms with Crippen molar-refractivity contribution in [3.8, 4) is 0 Å². The smallest absolute Gasteiger partial charge is 0.0306 e. The van der Waals surface area contributed by atoms with Gasteiger partial charge in [0.05, 0.1) is 0 Å². The second-order valence-corrected chi connectivity index (χ2v) is 9.16. The van der Waals surface area contributed by atoms with Gasteiger partial charge in [-0.05, 0) is 72.2 Å². The summed E-state index contributed by atoms with van der Waals surface area (Å²) in [5.74, 6) is 2.05. The van der Waals surface area contributed by atoms with E-state index in [0.717, 1.165) is 32.5 Å². The standard InChI is InChI=1S/C13H20N2.C12H18N2/c1-4-15-8-11-5-6-14-7-12(11)13(9-15)10(2)3;1-9(2)12-7-10-3-5-13-8-11(10)4-6-14-12/h5-7,10,13H,4,8-9H2,1-3H3;3,5,8-9,12,14H,4,6-7H2,1-2H3. The minimum Gasteiger partial charge on any atom is -0.313 e. The van der Waals surface area contributed by atoms with E-state index in [1.165, 1.54) is 28.8 Å². The second-order valence-electron chi connectivity index (χ2n) is 9.16. The molecule has 0 saturated carbocycles. The van der Waals surface area contributed by atoms with E-state index < -0.39 is 0 Å². The summed E-state index contributed by atoms with van der Waals surface area (Å²) in [5, 5.41) is 3.60. The summed E-state index contributed by atoms with van der Waals surface area (Å²) in [6.45, 7) is 15.9. The lowest BCUT2D eigenvalue weighted by molar-refractivity contribution is 0.219. The van der Waals surface area contributed by atoms with E-state index >= 15 is 0 Å². The van der Waals surface area contributed by atoms with Crippen LogP contribution in [0.2, 0.25) is 0 Å². The van der Waals surface area contributed by atoms with E-state index in [4.69, 9.17) is 0 Å². The van der Waals surface area contributed by atoms with Crippen molar-refractivity contribution in [3.63, 3.8) is 0 Å². The molecule has 0 aromatic carbocycles. The van der Waals surface area contributed by atoms with Crippen LogP contribution in [0.4, 0.5) is 0 Å². The number of nitrogens with one attached hydrogen (secondary N) is 1. The molecule has 4 heterocycles. The lowest BCUT2D eigenvalue weighted by atomic mass is 9.83. The summed E-state index contributed by atoms with van der Waals surface area (Å²) in [4.78, 5) is 11.0. The van der Waals surface area contributed by atoms with Crippen LogP contribution in [0.5, 0.6) is 0 Å². The van der Waals surface area contributed by atoms with Gasteiger partial charge in [0.15, 0.2) is 0 Å². The Balaban J connectivity index is 0.000000166. The molecule has 2 aromatic rings. The van der Waals surface area contributed by atoms with Gasteiger partial charge in [0.1, 0.15) is 0 Å². The number of hydrogen-bond donors (Lipinski definition) is 1. The summed E-state index contributed by atoms with van der Waals surface area (Å²) < 4.78 is 0. The molecule has 4 rings (SSSR count). The third-order valence-corrected chi connectivity index (χ3v) is 6.50. The SMILES string of the molecule is CC(C)C1Cc2ccncc2CCN1.CCN1Cc2ccncc2C(C(C)C)C1. The van der Waals surface area contributed by atoms with Gasteiger partial charge in [0, 0.05) is 49.8 Å². The predicted molar refractivity (Wildman–Crippen MR) is 121 cm³/mol. The van der Waals surface area contributed by atoms with Gasteiger partial charge in [-0.1, -0.05) is 34.6 Å². The molecule has 0 aliphatic carbocycles. The molecule has 2 aromatic heterocycles. The van der Waals surface area contributed by atoms with Crippen molar-refractivity contribution in [2.24, 2.45) is 11.8 Å². The van der Waals surface area contributed by atoms with Crippen molar-refractivity contribution < 1.29 is 0 Å². The predicted octanol–water partition coefficient (Wildman–Crippen LogP) is 4.45. The highest BCUT2D eigenvalue weighted by Crippen LogP contribution is 2.32. The molecule has 0 radical (unpaired) electrons. The molecule has 0 amide bonds. The highest BCUT2D eigenvalue weighted by molar-refractivity contribution is 5.30. The summed E-state index contributed by atoms with van der Waals surface area (Å²) in [7, 11) is 0. The van der Waals surface area contributed by atoms with Crippen molar-refractivity contribution in [1.29, 1.82) is 0 Å². The zero-order chi connectivity index (χ0) is 20.8. The molecule has 1 N–H and O–H groups in total. The number of aromatic nitrogens is 2. The first kappa shape index (κ1) is 21.9. The van der Waals surface area contributed by atoms with Gasteiger partial charge in [-0.15, -0.1) is 0 Å². The second kappa shape index (κ2) is 10.3. The van der Waals surface area contributed by atoms with Gasteiger partial charge in [-0.3, -0.25) is 14.9 Å². The summed E-state index contributed by atoms with van der Waals surface area (Å²) in [5.41, 5.74) is 5.83. The monoisotopic (exact) mass is 394 g/mol. The van der Waals surface area contributed by atoms with Crippen molar-refractivity contribution in [3.05, 3.63) is 59.2 Å². The first-order chi connectivity index (χ1) is 14.0. The van der Waals surface area contributed by atoms with E-state index in [9.17, 15) is 0 Å². The number of fused-ring (bicyclic) bond motifs is 2. The number of nitrogens with zero attached hydrogens (tertiary/aromatic N) is 3. The largest absolute Gasteiger partial charge is 0.313 e. The number of hydrogen-bond acceptors (Lipinski definition) is 4. The Morgan fingerprint density at radius 1 is 1.00 bits per heavy atom. The fourth-order valence-electron chi connectivity index (χ4n) is 4.46. The molecule has 0 bridgehead atoms. The van der Waals surface area contributed by atoms with Crippen molar-refractivity contribution in [2.75, 3.05) is 19.6 Å². The maximum Gasteiger partial charge on any atom is 0.0306 e. The van der Waals surface area contributed by atoms with Crippen LogP contribution in [0.15, 0.2) is 36.9 Å². The van der Waals surface area contributed by atoms with Crippen LogP contribution in [-0.4, -0.2) is 40.5 Å². The Hall–Kier alpha value is -1.78. The van der Waals surface area contributed by atoms with Crippen LogP contribution in [0, 0.1) is 11.8 Å². The van der Waals surface area contributed by atoms with Crippen LogP contribution < -0.4 is 5.32 Å². The fraction of sp³-hybridized carbons (Fsp3) is 0.600. The van der Waals surface area contributed by atoms with Gasteiger partial charge < -0.3 is 5.32 Å². The van der Waals surface area contributed by atoms with Gasteiger partial charge >= 0.3 is 0 Å². The summed E-state index contributed by atoms with van der Waals surface area (Å²) in [6.07, 6.45) is 10.2. The van der Waals surface area contributed by atoms with E-state index in [-0.39, 0.29) is 0 Å². The molecule has 4 nitrogen and oxygen atoms in total. The molecule has 2 aliphatic heterocycles. The van der Waals surface area contributed by atoms with Crippen molar-refractivity contribution >= 4 is 0 Å². The zero-order valence-corrected chi connectivity index (χ0v) is 18.9. The fourth-order valence-corrected chi connectivity index (χ4v) is 4.46. The van der Waals surface area contributed by atoms with Crippen molar-refractivity contribution in [1.82, 2.24) is 20.2 Å². The average molecular weight is 395 g/mol. The van der Waals surface area contributed by atoms with Crippen LogP contribution in [0.3, 0.4) is 0 Å². The van der Waals surface area contributed by atoms with Crippen LogP contribution in [0.25, 0.3) is 0 Å². The Morgan fingerprint density at radius 3 is 2.41 bits per heavy atom. The normalized spacial score (nSPS) is 21.8. The third kappa shape index (κ3) is 5.64. The van der Waals surface area contributed by atoms with E-state index in [1.54, 1.807) is 0 Å². The van der Waals surface area contributed by atoms with Crippen LogP contribution in [-0.2, 0) is 19.4 Å². The quantitative estimate of drug-likeness (QED) is 0.835. The Morgan fingerprint density at radius 2 is 1.72 bits per heavy atom. The molecule has 158 valence electrons. The summed E-state index contributed by atoms with van der Waals surface area (Å²) >= 11 is 0. The Bertz CT molecular complexity index is 771. The molecule has 4 heteroatoms. The maximum atomic E-state index is 4.26. The van der Waals surface area contributed by atoms with E-state index in [1.807, 2.05) is 18.6 Å². The van der Waals surface area contributed by atoms with Gasteiger partial charge in [0.2, 0.25) is 0 Å². The molecule has 0 spiro atoms. The number of rotatable bonds is 3. The number of likely N-dealkylation sites (N-methyl/N-ethyl adjacent to an activating group) is 1. The lowest BCUT2D eigenvalue weighted by Crippen LogP contribution is -2.35. The van der Waals surface area contributed by atoms with E-state index in [0.29, 0.717) is 23.8 Å². The van der Waals surface area contributed by atoms with Gasteiger partial charge in [-0.2, -0.15) is 0 Å². The van der Waals surface area contributed by atoms with E-state index in [2.05, 4.69) is 73.1 Å². The topological polar surface area (TPSA) is 41.1 Å². The minimum absolute atomic E-state index is 0.624. The molecular formula is C25H38N4. The minimum atomic E-state index is 0.624. The molecule has 2 atom stereocenters.